The number of nitrogens with two attached hydrogens (primary N) is 1. The number of rotatable bonds is 6. The van der Waals surface area contributed by atoms with Crippen molar-refractivity contribution >= 4 is 29.0 Å². The number of aryl methyl sites for hydroxylation is 1. The molecule has 0 radical (unpaired) electrons. The predicted octanol–water partition coefficient (Wildman–Crippen LogP) is 4.57. The molecule has 0 amide bonds. The number of hydrogen-bond donors (Lipinski definition) is 1. The minimum atomic E-state index is -0.651. The van der Waals surface area contributed by atoms with Gasteiger partial charge in [-0.25, -0.2) is 9.18 Å². The molecule has 0 atom stereocenters. The van der Waals surface area contributed by atoms with E-state index in [-0.39, 0.29) is 29.5 Å². The number of carbonyl (C=O) groups excluding carboxylic acids is 2. The lowest BCUT2D eigenvalue weighted by Gasteiger charge is -2.10. The number of nitrogens with zero attached hydrogens (tertiary/aromatic N) is 1. The fourth-order valence-electron chi connectivity index (χ4n) is 3.06. The van der Waals surface area contributed by atoms with E-state index in [4.69, 9.17) is 22.1 Å². The summed E-state index contributed by atoms with van der Waals surface area (Å²) in [7, 11) is 0. The Balaban J connectivity index is 1.70. The lowest BCUT2D eigenvalue weighted by Crippen LogP contribution is -2.15. The Morgan fingerprint density at radius 3 is 2.45 bits per heavy atom. The van der Waals surface area contributed by atoms with Crippen LogP contribution >= 0.6 is 11.6 Å². The summed E-state index contributed by atoms with van der Waals surface area (Å²) in [5.41, 5.74) is 9.20. The van der Waals surface area contributed by atoms with E-state index < -0.39 is 5.97 Å². The van der Waals surface area contributed by atoms with Gasteiger partial charge in [0, 0.05) is 23.5 Å². The van der Waals surface area contributed by atoms with Gasteiger partial charge in [-0.15, -0.1) is 0 Å². The third-order valence-electron chi connectivity index (χ3n) is 4.69. The highest BCUT2D eigenvalue weighted by atomic mass is 35.5. The van der Waals surface area contributed by atoms with Crippen molar-refractivity contribution in [2.24, 2.45) is 0 Å². The van der Waals surface area contributed by atoms with E-state index in [0.717, 1.165) is 17.0 Å². The number of halogens is 2. The summed E-state index contributed by atoms with van der Waals surface area (Å²) in [5, 5.41) is 0.339. The first-order valence-corrected chi connectivity index (χ1v) is 9.30. The monoisotopic (exact) mass is 414 g/mol. The van der Waals surface area contributed by atoms with Gasteiger partial charge in [-0.2, -0.15) is 0 Å². The van der Waals surface area contributed by atoms with Crippen LogP contribution in [0.4, 0.5) is 10.1 Å². The van der Waals surface area contributed by atoms with Crippen LogP contribution in [0.1, 0.15) is 37.7 Å². The van der Waals surface area contributed by atoms with Gasteiger partial charge in [0.25, 0.3) is 0 Å². The second-order valence-corrected chi connectivity index (χ2v) is 7.14. The number of benzene rings is 2. The van der Waals surface area contributed by atoms with Gasteiger partial charge < -0.3 is 15.0 Å². The van der Waals surface area contributed by atoms with Gasteiger partial charge in [-0.1, -0.05) is 23.7 Å². The smallest absolute Gasteiger partial charge is 0.338 e. The molecule has 2 aromatic carbocycles. The maximum absolute atomic E-state index is 13.1. The molecule has 0 bridgehead atoms. The highest BCUT2D eigenvalue weighted by Crippen LogP contribution is 2.21. The van der Waals surface area contributed by atoms with Crippen molar-refractivity contribution in [3.05, 3.63) is 87.4 Å². The molecule has 0 aliphatic carbocycles. The molecule has 0 aliphatic heterocycles. The molecule has 2 N–H and O–H groups in total. The Kier molecular flexibility index (Phi) is 6.03. The number of nitrogen functional groups attached to an aromatic ring is 1. The summed E-state index contributed by atoms with van der Waals surface area (Å²) in [6, 6.07) is 12.4. The lowest BCUT2D eigenvalue weighted by molar-refractivity contribution is 0.0474. The number of ketones is 1. The van der Waals surface area contributed by atoms with E-state index in [0.29, 0.717) is 17.1 Å². The van der Waals surface area contributed by atoms with Crippen LogP contribution in [0.5, 0.6) is 0 Å². The van der Waals surface area contributed by atoms with Crippen molar-refractivity contribution in [3.63, 3.8) is 0 Å². The number of aromatic nitrogens is 1. The van der Waals surface area contributed by atoms with Crippen LogP contribution in [0, 0.1) is 19.7 Å². The van der Waals surface area contributed by atoms with Crippen LogP contribution in [-0.2, 0) is 11.3 Å². The lowest BCUT2D eigenvalue weighted by atomic mass is 10.1. The minimum absolute atomic E-state index is 0.224. The molecule has 29 heavy (non-hydrogen) atoms. The van der Waals surface area contributed by atoms with Crippen LogP contribution in [-0.4, -0.2) is 22.9 Å². The molecule has 1 heterocycles. The number of carbonyl (C=O) groups is 2. The predicted molar refractivity (Wildman–Crippen MR) is 110 cm³/mol. The highest BCUT2D eigenvalue weighted by molar-refractivity contribution is 6.33. The second kappa shape index (κ2) is 8.49. The average Bonchev–Trinajstić information content (AvgIpc) is 2.98. The first-order valence-electron chi connectivity index (χ1n) is 8.92. The third-order valence-corrected chi connectivity index (χ3v) is 5.04. The molecule has 7 heteroatoms. The summed E-state index contributed by atoms with van der Waals surface area (Å²) < 4.78 is 20.2. The summed E-state index contributed by atoms with van der Waals surface area (Å²) in [5.74, 6) is -1.25. The second-order valence-electron chi connectivity index (χ2n) is 6.73. The van der Waals surface area contributed by atoms with Gasteiger partial charge in [0.1, 0.15) is 5.82 Å². The fourth-order valence-corrected chi connectivity index (χ4v) is 3.18. The largest absolute Gasteiger partial charge is 0.454 e. The average molecular weight is 415 g/mol. The van der Waals surface area contributed by atoms with Gasteiger partial charge in [0.2, 0.25) is 5.78 Å². The Morgan fingerprint density at radius 2 is 1.79 bits per heavy atom. The van der Waals surface area contributed by atoms with Crippen LogP contribution in [0.2, 0.25) is 5.02 Å². The number of anilines is 1. The summed E-state index contributed by atoms with van der Waals surface area (Å²) in [4.78, 5) is 24.8. The van der Waals surface area contributed by atoms with Crippen LogP contribution < -0.4 is 5.73 Å². The zero-order valence-electron chi connectivity index (χ0n) is 16.0. The molecule has 1 aromatic heterocycles. The fraction of sp³-hybridized carbons (Fsp3) is 0.182. The molecular weight excluding hydrogens is 395 g/mol. The quantitative estimate of drug-likeness (QED) is 0.364. The number of ether oxygens (including phenoxy) is 1. The molecule has 3 aromatic rings. The topological polar surface area (TPSA) is 74.3 Å². The van der Waals surface area contributed by atoms with E-state index >= 15 is 0 Å². The first-order chi connectivity index (χ1) is 13.8. The molecule has 0 fully saturated rings. The van der Waals surface area contributed by atoms with E-state index in [1.807, 2.05) is 18.4 Å². The third kappa shape index (κ3) is 4.66. The maximum Gasteiger partial charge on any atom is 0.338 e. The Hall–Kier alpha value is -3.12. The van der Waals surface area contributed by atoms with Crippen LogP contribution in [0.3, 0.4) is 0 Å². The molecule has 0 saturated carbocycles. The normalized spacial score (nSPS) is 10.8. The number of esters is 1. The maximum atomic E-state index is 13.1. The van der Waals surface area contributed by atoms with E-state index in [2.05, 4.69) is 0 Å². The van der Waals surface area contributed by atoms with E-state index in [9.17, 15) is 14.0 Å². The van der Waals surface area contributed by atoms with Crippen molar-refractivity contribution in [2.75, 3.05) is 12.3 Å². The highest BCUT2D eigenvalue weighted by Gasteiger charge is 2.18. The standard InChI is InChI=1S/C22H20ClFN2O3/c1-13-9-18(14(2)26(13)11-15-3-6-17(24)7-4-15)21(27)12-29-22(28)16-5-8-19(23)20(25)10-16/h3-10H,11-12,25H2,1-2H3. The number of hydrogen-bond acceptors (Lipinski definition) is 4. The van der Waals surface area contributed by atoms with Crippen LogP contribution in [0.25, 0.3) is 0 Å². The van der Waals surface area contributed by atoms with Gasteiger partial charge in [-0.05, 0) is 55.8 Å². The minimum Gasteiger partial charge on any atom is -0.454 e. The molecule has 0 spiro atoms. The Morgan fingerprint density at radius 1 is 1.10 bits per heavy atom. The SMILES string of the molecule is Cc1cc(C(=O)COC(=O)c2ccc(Cl)c(N)c2)c(C)n1Cc1ccc(F)cc1. The Bertz CT molecular complexity index is 1070. The molecule has 150 valence electrons. The Labute approximate surface area is 172 Å². The summed E-state index contributed by atoms with van der Waals surface area (Å²) in [6.07, 6.45) is 0. The molecule has 0 saturated heterocycles. The van der Waals surface area contributed by atoms with Crippen molar-refractivity contribution in [3.8, 4) is 0 Å². The van der Waals surface area contributed by atoms with Gasteiger partial charge in [0.05, 0.1) is 16.3 Å². The first kappa shape index (κ1) is 20.6. The summed E-state index contributed by atoms with van der Waals surface area (Å²) >= 11 is 5.84. The molecule has 3 rings (SSSR count). The van der Waals surface area contributed by atoms with Crippen molar-refractivity contribution in [1.29, 1.82) is 0 Å². The van der Waals surface area contributed by atoms with Crippen LogP contribution in [0.15, 0.2) is 48.5 Å². The molecule has 0 unspecified atom stereocenters. The van der Waals surface area contributed by atoms with Gasteiger partial charge in [0.15, 0.2) is 6.61 Å². The molecular formula is C22H20ClFN2O3. The number of Topliss-reactive ketones (excluding diaryl/α,β-unsaturated/α-hetero) is 1. The van der Waals surface area contributed by atoms with Crippen molar-refractivity contribution < 1.29 is 18.7 Å². The van der Waals surface area contributed by atoms with E-state index in [1.54, 1.807) is 18.2 Å². The molecule has 5 nitrogen and oxygen atoms in total. The van der Waals surface area contributed by atoms with E-state index in [1.165, 1.54) is 30.3 Å². The summed E-state index contributed by atoms with van der Waals surface area (Å²) in [6.45, 7) is 3.83. The zero-order chi connectivity index (χ0) is 21.1. The zero-order valence-corrected chi connectivity index (χ0v) is 16.8. The van der Waals surface area contributed by atoms with Crippen molar-refractivity contribution in [1.82, 2.24) is 4.57 Å². The van der Waals surface area contributed by atoms with Crippen molar-refractivity contribution in [2.45, 2.75) is 20.4 Å². The van der Waals surface area contributed by atoms with Gasteiger partial charge >= 0.3 is 5.97 Å². The van der Waals surface area contributed by atoms with Gasteiger partial charge in [-0.3, -0.25) is 4.79 Å². The molecule has 0 aliphatic rings.